The smallest absolute Gasteiger partial charge is 0.335 e. The number of aromatic amines is 1. The molecule has 0 saturated heterocycles. The van der Waals surface area contributed by atoms with Crippen molar-refractivity contribution in [3.8, 4) is 0 Å². The Balaban J connectivity index is 1.74. The predicted molar refractivity (Wildman–Crippen MR) is 92.3 cm³/mol. The van der Waals surface area contributed by atoms with Crippen molar-refractivity contribution >= 4 is 28.7 Å². The zero-order chi connectivity index (χ0) is 17.6. The summed E-state index contributed by atoms with van der Waals surface area (Å²) in [6.07, 6.45) is 3.03. The van der Waals surface area contributed by atoms with E-state index in [1.54, 1.807) is 24.3 Å². The lowest BCUT2D eigenvalue weighted by Gasteiger charge is -2.14. The number of carboxylic acids is 1. The van der Waals surface area contributed by atoms with Gasteiger partial charge in [-0.3, -0.25) is 4.79 Å². The van der Waals surface area contributed by atoms with Crippen molar-refractivity contribution < 1.29 is 19.1 Å². The van der Waals surface area contributed by atoms with E-state index in [0.29, 0.717) is 29.4 Å². The number of carboxylic acid groups (broad SMARTS) is 1. The summed E-state index contributed by atoms with van der Waals surface area (Å²) >= 11 is 0. The standard InChI is InChI=1S/C20H14FNO3/c21-14-6-8-16-15(10-14)18-17(22-16)7-5-13(19(18)23)9-11-1-3-12(4-2-11)20(24)25/h1-4,6,8-10,22H,5,7H2,(H,24,25)/b13-9+. The summed E-state index contributed by atoms with van der Waals surface area (Å²) in [4.78, 5) is 27.0. The van der Waals surface area contributed by atoms with E-state index in [2.05, 4.69) is 4.98 Å². The zero-order valence-corrected chi connectivity index (χ0v) is 13.2. The maximum atomic E-state index is 13.6. The van der Waals surface area contributed by atoms with Crippen molar-refractivity contribution in [2.45, 2.75) is 12.8 Å². The number of fused-ring (bicyclic) bond motifs is 3. The van der Waals surface area contributed by atoms with Gasteiger partial charge in [0, 0.05) is 22.2 Å². The summed E-state index contributed by atoms with van der Waals surface area (Å²) < 4.78 is 13.6. The van der Waals surface area contributed by atoms with Crippen molar-refractivity contribution in [1.82, 2.24) is 4.98 Å². The van der Waals surface area contributed by atoms with Crippen molar-refractivity contribution in [1.29, 1.82) is 0 Å². The molecule has 2 aromatic carbocycles. The minimum absolute atomic E-state index is 0.111. The molecule has 2 N–H and O–H groups in total. The molecule has 1 heterocycles. The van der Waals surface area contributed by atoms with Crippen LogP contribution in [0, 0.1) is 5.82 Å². The van der Waals surface area contributed by atoms with Gasteiger partial charge in [0.2, 0.25) is 0 Å². The Morgan fingerprint density at radius 2 is 1.88 bits per heavy atom. The molecule has 4 rings (SSSR count). The first-order valence-electron chi connectivity index (χ1n) is 7.91. The van der Waals surface area contributed by atoms with Crippen LogP contribution in [0.5, 0.6) is 0 Å². The van der Waals surface area contributed by atoms with Gasteiger partial charge in [-0.25, -0.2) is 9.18 Å². The number of aryl methyl sites for hydroxylation is 1. The van der Waals surface area contributed by atoms with Gasteiger partial charge in [0.1, 0.15) is 5.82 Å². The number of allylic oxidation sites excluding steroid dienone is 1. The summed E-state index contributed by atoms with van der Waals surface area (Å²) in [5.41, 5.74) is 3.74. The molecule has 0 unspecified atom stereocenters. The van der Waals surface area contributed by atoms with E-state index in [1.165, 1.54) is 24.3 Å². The first-order chi connectivity index (χ1) is 12.0. The fourth-order valence-corrected chi connectivity index (χ4v) is 3.26. The summed E-state index contributed by atoms with van der Waals surface area (Å²) in [6, 6.07) is 10.8. The highest BCUT2D eigenvalue weighted by Crippen LogP contribution is 2.32. The summed E-state index contributed by atoms with van der Waals surface area (Å²) in [5.74, 6) is -1.47. The molecule has 4 nitrogen and oxygen atoms in total. The Morgan fingerprint density at radius 1 is 1.12 bits per heavy atom. The van der Waals surface area contributed by atoms with E-state index in [-0.39, 0.29) is 17.2 Å². The first kappa shape index (κ1) is 15.3. The number of rotatable bonds is 2. The molecule has 0 saturated carbocycles. The Morgan fingerprint density at radius 3 is 2.60 bits per heavy atom. The molecule has 124 valence electrons. The van der Waals surface area contributed by atoms with Crippen LogP contribution in [0.2, 0.25) is 0 Å². The van der Waals surface area contributed by atoms with Crippen LogP contribution in [0.3, 0.4) is 0 Å². The van der Waals surface area contributed by atoms with E-state index in [0.717, 1.165) is 16.8 Å². The third-order valence-electron chi connectivity index (χ3n) is 4.50. The number of carbonyl (C=O) groups excluding carboxylic acids is 1. The van der Waals surface area contributed by atoms with Gasteiger partial charge in [-0.05, 0) is 54.8 Å². The van der Waals surface area contributed by atoms with Gasteiger partial charge in [-0.1, -0.05) is 12.1 Å². The van der Waals surface area contributed by atoms with E-state index in [9.17, 15) is 14.0 Å². The molecule has 0 radical (unpaired) electrons. The van der Waals surface area contributed by atoms with Gasteiger partial charge < -0.3 is 10.1 Å². The SMILES string of the molecule is O=C(O)c1ccc(/C=C2\CCc3[nH]c4ccc(F)cc4c3C2=O)cc1. The van der Waals surface area contributed by atoms with E-state index >= 15 is 0 Å². The van der Waals surface area contributed by atoms with Gasteiger partial charge >= 0.3 is 5.97 Å². The molecule has 0 spiro atoms. The van der Waals surface area contributed by atoms with Crippen LogP contribution in [0.25, 0.3) is 17.0 Å². The lowest BCUT2D eigenvalue weighted by Crippen LogP contribution is -2.13. The van der Waals surface area contributed by atoms with Crippen LogP contribution >= 0.6 is 0 Å². The highest BCUT2D eigenvalue weighted by molar-refractivity contribution is 6.19. The number of benzene rings is 2. The van der Waals surface area contributed by atoms with Crippen LogP contribution in [-0.2, 0) is 6.42 Å². The zero-order valence-electron chi connectivity index (χ0n) is 13.2. The molecule has 3 aromatic rings. The Bertz CT molecular complexity index is 1040. The average molecular weight is 335 g/mol. The highest BCUT2D eigenvalue weighted by Gasteiger charge is 2.26. The molecule has 0 fully saturated rings. The molecule has 1 aliphatic rings. The van der Waals surface area contributed by atoms with Crippen molar-refractivity contribution in [3.63, 3.8) is 0 Å². The van der Waals surface area contributed by atoms with E-state index < -0.39 is 5.97 Å². The lowest BCUT2D eigenvalue weighted by molar-refractivity contribution is 0.0696. The predicted octanol–water partition coefficient (Wildman–Crippen LogP) is 4.22. The largest absolute Gasteiger partial charge is 0.478 e. The first-order valence-corrected chi connectivity index (χ1v) is 7.91. The third kappa shape index (κ3) is 2.63. The van der Waals surface area contributed by atoms with Crippen LogP contribution in [0.4, 0.5) is 4.39 Å². The third-order valence-corrected chi connectivity index (χ3v) is 4.50. The lowest BCUT2D eigenvalue weighted by atomic mass is 9.88. The number of nitrogens with one attached hydrogen (secondary N) is 1. The fraction of sp³-hybridized carbons (Fsp3) is 0.100. The molecule has 1 aromatic heterocycles. The highest BCUT2D eigenvalue weighted by atomic mass is 19.1. The molecule has 0 atom stereocenters. The monoisotopic (exact) mass is 335 g/mol. The number of hydrogen-bond acceptors (Lipinski definition) is 2. The van der Waals surface area contributed by atoms with Gasteiger partial charge in [0.05, 0.1) is 11.1 Å². The Hall–Kier alpha value is -3.21. The fourth-order valence-electron chi connectivity index (χ4n) is 3.26. The Kier molecular flexibility index (Phi) is 3.50. The van der Waals surface area contributed by atoms with Crippen LogP contribution in [0.1, 0.15) is 38.4 Å². The summed E-state index contributed by atoms with van der Waals surface area (Å²) in [7, 11) is 0. The normalized spacial score (nSPS) is 15.6. The van der Waals surface area contributed by atoms with Crippen LogP contribution in [-0.4, -0.2) is 21.8 Å². The van der Waals surface area contributed by atoms with Crippen molar-refractivity contribution in [2.75, 3.05) is 0 Å². The Labute approximate surface area is 142 Å². The quantitative estimate of drug-likeness (QED) is 0.689. The number of hydrogen-bond donors (Lipinski definition) is 2. The molecule has 0 bridgehead atoms. The molecule has 25 heavy (non-hydrogen) atoms. The number of aromatic nitrogens is 1. The van der Waals surface area contributed by atoms with E-state index in [4.69, 9.17) is 5.11 Å². The summed E-state index contributed by atoms with van der Waals surface area (Å²) in [6.45, 7) is 0. The number of aromatic carboxylic acids is 1. The van der Waals surface area contributed by atoms with Gasteiger partial charge in [0.25, 0.3) is 0 Å². The van der Waals surface area contributed by atoms with Gasteiger partial charge in [0.15, 0.2) is 5.78 Å². The second-order valence-electron chi connectivity index (χ2n) is 6.09. The molecule has 0 aliphatic heterocycles. The van der Waals surface area contributed by atoms with Gasteiger partial charge in [-0.15, -0.1) is 0 Å². The number of ketones is 1. The second-order valence-corrected chi connectivity index (χ2v) is 6.09. The van der Waals surface area contributed by atoms with Crippen LogP contribution in [0.15, 0.2) is 48.0 Å². The molecule has 5 heteroatoms. The number of H-pyrrole nitrogens is 1. The number of carbonyl (C=O) groups is 2. The van der Waals surface area contributed by atoms with E-state index in [1.807, 2.05) is 0 Å². The van der Waals surface area contributed by atoms with Gasteiger partial charge in [-0.2, -0.15) is 0 Å². The minimum Gasteiger partial charge on any atom is -0.478 e. The summed E-state index contributed by atoms with van der Waals surface area (Å²) in [5, 5.41) is 9.55. The minimum atomic E-state index is -0.988. The van der Waals surface area contributed by atoms with Crippen molar-refractivity contribution in [3.05, 3.63) is 76.2 Å². The molecular weight excluding hydrogens is 321 g/mol. The topological polar surface area (TPSA) is 70.2 Å². The average Bonchev–Trinajstić information content (AvgIpc) is 2.96. The van der Waals surface area contributed by atoms with Crippen molar-refractivity contribution in [2.24, 2.45) is 0 Å². The molecule has 1 aliphatic carbocycles. The second kappa shape index (κ2) is 5.70. The maximum absolute atomic E-state index is 13.6. The number of Topliss-reactive ketones (excluding diaryl/α,β-unsaturated/α-hetero) is 1. The van der Waals surface area contributed by atoms with Crippen LogP contribution < -0.4 is 0 Å². The number of halogens is 1. The molecule has 0 amide bonds. The maximum Gasteiger partial charge on any atom is 0.335 e. The molecular formula is C20H14FNO3.